The molecule has 0 radical (unpaired) electrons. The molecule has 0 aliphatic carbocycles. The number of aromatic hydroxyl groups is 1. The molecule has 3 aromatic rings. The normalized spacial score (nSPS) is 11.2. The summed E-state index contributed by atoms with van der Waals surface area (Å²) in [6, 6.07) is 11.3. The van der Waals surface area contributed by atoms with Gasteiger partial charge in [0.25, 0.3) is 0 Å². The van der Waals surface area contributed by atoms with Gasteiger partial charge in [-0.15, -0.1) is 0 Å². The van der Waals surface area contributed by atoms with Gasteiger partial charge in [0, 0.05) is 25.5 Å². The lowest BCUT2D eigenvalue weighted by molar-refractivity contribution is 0.0697. The van der Waals surface area contributed by atoms with E-state index in [0.29, 0.717) is 35.3 Å². The molecule has 0 saturated heterocycles. The van der Waals surface area contributed by atoms with Crippen LogP contribution in [0.25, 0.3) is 11.4 Å². The minimum Gasteiger partial charge on any atom is -0.507 e. The van der Waals surface area contributed by atoms with Crippen LogP contribution < -0.4 is 10.1 Å². The summed E-state index contributed by atoms with van der Waals surface area (Å²) in [6.45, 7) is 7.74. The third kappa shape index (κ3) is 9.14. The van der Waals surface area contributed by atoms with Crippen molar-refractivity contribution in [1.82, 2.24) is 15.0 Å². The number of phenols is 1. The standard InChI is InChI=1S/C24H28N4O4.C3H8O/c1-3-5-6-16(4-2)14-32-19-11-12-20(21(29)13-19)22-25-15-26-24(28-22)27-18-9-7-17(8-10-18)23(30)31;1-3-4-2/h7-13,15-16,29H,3-6,14H2,1-2H3,(H,30,31)(H,25,26,27,28);3H2,1-2H3. The van der Waals surface area contributed by atoms with Gasteiger partial charge in [-0.1, -0.05) is 33.1 Å². The number of rotatable bonds is 12. The molecule has 1 aromatic heterocycles. The summed E-state index contributed by atoms with van der Waals surface area (Å²) >= 11 is 0. The van der Waals surface area contributed by atoms with E-state index in [-0.39, 0.29) is 17.3 Å². The number of hydrogen-bond acceptors (Lipinski definition) is 8. The predicted octanol–water partition coefficient (Wildman–Crippen LogP) is 5.93. The second-order valence-corrected chi connectivity index (χ2v) is 8.12. The Labute approximate surface area is 212 Å². The number of unbranched alkanes of at least 4 members (excludes halogenated alkanes) is 1. The summed E-state index contributed by atoms with van der Waals surface area (Å²) in [4.78, 5) is 23.6. The lowest BCUT2D eigenvalue weighted by atomic mass is 10.0. The SMILES string of the molecule is CCCCC(CC)COc1ccc(-c2ncnc(Nc3ccc(C(=O)O)cc3)n2)c(O)c1.CCOC. The number of phenolic OH excluding ortho intramolecular Hbond substituents is 1. The van der Waals surface area contributed by atoms with Gasteiger partial charge in [0.2, 0.25) is 5.95 Å². The Bertz CT molecular complexity index is 1070. The molecule has 2 aromatic carbocycles. The van der Waals surface area contributed by atoms with E-state index in [9.17, 15) is 9.90 Å². The minimum atomic E-state index is -0.993. The highest BCUT2D eigenvalue weighted by molar-refractivity contribution is 5.88. The average molecular weight is 497 g/mol. The topological polar surface area (TPSA) is 127 Å². The van der Waals surface area contributed by atoms with E-state index in [1.54, 1.807) is 37.4 Å². The third-order valence-corrected chi connectivity index (χ3v) is 5.49. The average Bonchev–Trinajstić information content (AvgIpc) is 2.89. The molecule has 3 N–H and O–H groups in total. The second kappa shape index (κ2) is 15.3. The molecule has 1 unspecified atom stereocenters. The van der Waals surface area contributed by atoms with Gasteiger partial charge in [-0.25, -0.2) is 14.8 Å². The number of aromatic carboxylic acids is 1. The van der Waals surface area contributed by atoms with Gasteiger partial charge in [-0.3, -0.25) is 0 Å². The number of carboxylic acids is 1. The summed E-state index contributed by atoms with van der Waals surface area (Å²) in [5.74, 6) is 0.716. The molecular weight excluding hydrogens is 460 g/mol. The zero-order valence-corrected chi connectivity index (χ0v) is 21.4. The molecular formula is C27H36N4O5. The van der Waals surface area contributed by atoms with Crippen LogP contribution in [-0.2, 0) is 4.74 Å². The molecule has 9 nitrogen and oxygen atoms in total. The van der Waals surface area contributed by atoms with Crippen LogP contribution >= 0.6 is 0 Å². The summed E-state index contributed by atoms with van der Waals surface area (Å²) < 4.78 is 10.4. The van der Waals surface area contributed by atoms with Crippen molar-refractivity contribution >= 4 is 17.6 Å². The van der Waals surface area contributed by atoms with E-state index < -0.39 is 5.97 Å². The zero-order valence-electron chi connectivity index (χ0n) is 21.4. The number of benzene rings is 2. The van der Waals surface area contributed by atoms with Crippen molar-refractivity contribution in [2.75, 3.05) is 25.6 Å². The summed E-state index contributed by atoms with van der Waals surface area (Å²) in [6.07, 6.45) is 5.90. The number of carbonyl (C=O) groups is 1. The number of carboxylic acid groups (broad SMARTS) is 1. The molecule has 0 aliphatic rings. The van der Waals surface area contributed by atoms with Crippen LogP contribution in [0.1, 0.15) is 56.8 Å². The van der Waals surface area contributed by atoms with E-state index in [1.165, 1.54) is 31.3 Å². The van der Waals surface area contributed by atoms with Crippen molar-refractivity contribution in [1.29, 1.82) is 0 Å². The van der Waals surface area contributed by atoms with Gasteiger partial charge in [0.05, 0.1) is 17.7 Å². The zero-order chi connectivity index (χ0) is 26.3. The smallest absolute Gasteiger partial charge is 0.335 e. The molecule has 0 bridgehead atoms. The van der Waals surface area contributed by atoms with Crippen LogP contribution in [0, 0.1) is 5.92 Å². The highest BCUT2D eigenvalue weighted by atomic mass is 16.5. The number of hydrogen-bond donors (Lipinski definition) is 3. The van der Waals surface area contributed by atoms with Crippen LogP contribution in [-0.4, -0.2) is 51.5 Å². The number of anilines is 2. The van der Waals surface area contributed by atoms with E-state index in [1.807, 2.05) is 6.92 Å². The molecule has 9 heteroatoms. The molecule has 0 fully saturated rings. The van der Waals surface area contributed by atoms with Crippen molar-refractivity contribution in [3.63, 3.8) is 0 Å². The number of nitrogens with zero attached hydrogens (tertiary/aromatic N) is 3. The Balaban J connectivity index is 0.00000106. The molecule has 36 heavy (non-hydrogen) atoms. The molecule has 0 amide bonds. The molecule has 3 rings (SSSR count). The van der Waals surface area contributed by atoms with Crippen LogP contribution in [0.2, 0.25) is 0 Å². The fourth-order valence-electron chi connectivity index (χ4n) is 3.21. The Kier molecular flexibility index (Phi) is 12.1. The Morgan fingerprint density at radius 3 is 2.39 bits per heavy atom. The first-order valence-corrected chi connectivity index (χ1v) is 12.2. The first kappa shape index (κ1) is 28.5. The highest BCUT2D eigenvalue weighted by Crippen LogP contribution is 2.31. The van der Waals surface area contributed by atoms with Crippen LogP contribution in [0.5, 0.6) is 11.5 Å². The maximum Gasteiger partial charge on any atom is 0.335 e. The maximum atomic E-state index is 11.0. The van der Waals surface area contributed by atoms with E-state index in [4.69, 9.17) is 9.84 Å². The van der Waals surface area contributed by atoms with Gasteiger partial charge in [0.15, 0.2) is 5.82 Å². The van der Waals surface area contributed by atoms with Crippen LogP contribution in [0.4, 0.5) is 11.6 Å². The lowest BCUT2D eigenvalue weighted by Crippen LogP contribution is -2.11. The number of nitrogens with one attached hydrogen (secondary N) is 1. The first-order valence-electron chi connectivity index (χ1n) is 12.2. The number of methoxy groups -OCH3 is 1. The van der Waals surface area contributed by atoms with Crippen molar-refractivity contribution < 1.29 is 24.5 Å². The Hall–Kier alpha value is -3.72. The highest BCUT2D eigenvalue weighted by Gasteiger charge is 2.12. The van der Waals surface area contributed by atoms with Crippen molar-refractivity contribution in [2.45, 2.75) is 46.5 Å². The summed E-state index contributed by atoms with van der Waals surface area (Å²) in [5.41, 5.74) is 1.28. The molecule has 0 spiro atoms. The summed E-state index contributed by atoms with van der Waals surface area (Å²) in [5, 5.41) is 22.5. The minimum absolute atomic E-state index is 0.0204. The van der Waals surface area contributed by atoms with Gasteiger partial charge < -0.3 is 25.0 Å². The number of aromatic nitrogens is 3. The Morgan fingerprint density at radius 1 is 1.08 bits per heavy atom. The molecule has 0 aliphatic heterocycles. The van der Waals surface area contributed by atoms with Crippen LogP contribution in [0.15, 0.2) is 48.8 Å². The van der Waals surface area contributed by atoms with Gasteiger partial charge in [0.1, 0.15) is 17.8 Å². The van der Waals surface area contributed by atoms with Crippen LogP contribution in [0.3, 0.4) is 0 Å². The quantitative estimate of drug-likeness (QED) is 0.279. The molecule has 194 valence electrons. The fraction of sp³-hybridized carbons (Fsp3) is 0.407. The van der Waals surface area contributed by atoms with Crippen molar-refractivity contribution in [3.8, 4) is 22.9 Å². The van der Waals surface area contributed by atoms with Crippen molar-refractivity contribution in [2.24, 2.45) is 5.92 Å². The molecule has 1 heterocycles. The predicted molar refractivity (Wildman–Crippen MR) is 140 cm³/mol. The second-order valence-electron chi connectivity index (χ2n) is 8.12. The maximum absolute atomic E-state index is 11.0. The first-order chi connectivity index (χ1) is 17.4. The fourth-order valence-corrected chi connectivity index (χ4v) is 3.21. The molecule has 0 saturated carbocycles. The van der Waals surface area contributed by atoms with Gasteiger partial charge >= 0.3 is 5.97 Å². The van der Waals surface area contributed by atoms with E-state index in [2.05, 4.69) is 38.9 Å². The molecule has 1 atom stereocenters. The summed E-state index contributed by atoms with van der Waals surface area (Å²) in [7, 11) is 1.68. The largest absolute Gasteiger partial charge is 0.507 e. The van der Waals surface area contributed by atoms with Gasteiger partial charge in [-0.2, -0.15) is 4.98 Å². The van der Waals surface area contributed by atoms with Crippen molar-refractivity contribution in [3.05, 3.63) is 54.4 Å². The lowest BCUT2D eigenvalue weighted by Gasteiger charge is -2.16. The number of ether oxygens (including phenoxy) is 2. The third-order valence-electron chi connectivity index (χ3n) is 5.49. The van der Waals surface area contributed by atoms with E-state index >= 15 is 0 Å². The monoisotopic (exact) mass is 496 g/mol. The van der Waals surface area contributed by atoms with E-state index in [0.717, 1.165) is 19.4 Å². The van der Waals surface area contributed by atoms with Gasteiger partial charge in [-0.05, 0) is 55.7 Å². The Morgan fingerprint density at radius 2 is 1.81 bits per heavy atom.